The third kappa shape index (κ3) is 4.03. The Morgan fingerprint density at radius 3 is 2.79 bits per heavy atom. The lowest BCUT2D eigenvalue weighted by atomic mass is 10.2. The van der Waals surface area contributed by atoms with Crippen LogP contribution in [0.5, 0.6) is 0 Å². The highest BCUT2D eigenvalue weighted by molar-refractivity contribution is 7.13. The Morgan fingerprint density at radius 2 is 2.08 bits per heavy atom. The number of carbonyl (C=O) groups excluding carboxylic acids is 1. The van der Waals surface area contributed by atoms with Crippen LogP contribution in [0.25, 0.3) is 10.6 Å². The number of aryl methyl sites for hydroxylation is 1. The molecule has 2 aromatic heterocycles. The molecule has 0 bridgehead atoms. The Bertz CT molecular complexity index is 866. The number of nitrogens with one attached hydrogen (secondary N) is 1. The molecule has 0 radical (unpaired) electrons. The molecule has 118 valence electrons. The van der Waals surface area contributed by atoms with Gasteiger partial charge in [-0.1, -0.05) is 0 Å². The molecule has 0 aliphatic heterocycles. The van der Waals surface area contributed by atoms with E-state index in [0.717, 1.165) is 16.3 Å². The number of hydrogen-bond donors (Lipinski definition) is 1. The van der Waals surface area contributed by atoms with E-state index in [1.54, 1.807) is 48.0 Å². The molecule has 1 aromatic carbocycles. The van der Waals surface area contributed by atoms with Crippen LogP contribution in [0.1, 0.15) is 17.7 Å². The summed E-state index contributed by atoms with van der Waals surface area (Å²) in [6.07, 6.45) is 4.45. The number of rotatable bonds is 5. The van der Waals surface area contributed by atoms with E-state index >= 15 is 0 Å². The quantitative estimate of drug-likeness (QED) is 0.772. The van der Waals surface area contributed by atoms with Crippen LogP contribution in [0.3, 0.4) is 0 Å². The van der Waals surface area contributed by atoms with Crippen LogP contribution in [0.4, 0.5) is 5.69 Å². The smallest absolute Gasteiger partial charge is 0.224 e. The van der Waals surface area contributed by atoms with Gasteiger partial charge >= 0.3 is 0 Å². The predicted molar refractivity (Wildman–Crippen MR) is 93.5 cm³/mol. The molecule has 0 saturated carbocycles. The summed E-state index contributed by atoms with van der Waals surface area (Å²) in [6.45, 7) is 0. The summed E-state index contributed by atoms with van der Waals surface area (Å²) in [7, 11) is 0. The van der Waals surface area contributed by atoms with Crippen molar-refractivity contribution in [3.8, 4) is 16.6 Å². The topological polar surface area (TPSA) is 78.7 Å². The van der Waals surface area contributed by atoms with Gasteiger partial charge in [0.1, 0.15) is 5.01 Å². The first-order chi connectivity index (χ1) is 11.7. The lowest BCUT2D eigenvalue weighted by Gasteiger charge is -2.04. The zero-order valence-electron chi connectivity index (χ0n) is 12.8. The van der Waals surface area contributed by atoms with Crippen molar-refractivity contribution in [2.75, 3.05) is 5.32 Å². The van der Waals surface area contributed by atoms with Crippen LogP contribution >= 0.6 is 11.3 Å². The number of nitriles is 1. The van der Waals surface area contributed by atoms with Crippen molar-refractivity contribution in [3.05, 3.63) is 65.4 Å². The van der Waals surface area contributed by atoms with Crippen molar-refractivity contribution < 1.29 is 4.79 Å². The fraction of sp³-hybridized carbons (Fsp3) is 0.111. The Kier molecular flexibility index (Phi) is 4.94. The molecule has 0 unspecified atom stereocenters. The van der Waals surface area contributed by atoms with Crippen LogP contribution in [0.15, 0.2) is 54.2 Å². The minimum absolute atomic E-state index is 0.0735. The molecule has 0 saturated heterocycles. The van der Waals surface area contributed by atoms with E-state index in [-0.39, 0.29) is 5.91 Å². The van der Waals surface area contributed by atoms with Crippen molar-refractivity contribution in [3.63, 3.8) is 0 Å². The van der Waals surface area contributed by atoms with Gasteiger partial charge in [0, 0.05) is 35.4 Å². The van der Waals surface area contributed by atoms with E-state index in [1.165, 1.54) is 0 Å². The van der Waals surface area contributed by atoms with Gasteiger partial charge in [0.2, 0.25) is 5.91 Å². The Balaban J connectivity index is 1.55. The highest BCUT2D eigenvalue weighted by Gasteiger charge is 2.08. The zero-order valence-corrected chi connectivity index (χ0v) is 13.6. The van der Waals surface area contributed by atoms with Crippen molar-refractivity contribution >= 4 is 22.9 Å². The Hall–Kier alpha value is -3.04. The standard InChI is InChI=1S/C18H14N4OS/c19-10-13-3-5-15(6-4-13)21-17(23)8-7-16-12-24-18(22-16)14-2-1-9-20-11-14/h1-6,9,11-12H,7-8H2,(H,21,23). The lowest BCUT2D eigenvalue weighted by molar-refractivity contribution is -0.116. The van der Waals surface area contributed by atoms with Gasteiger partial charge in [-0.05, 0) is 42.8 Å². The number of thiazole rings is 1. The molecule has 24 heavy (non-hydrogen) atoms. The van der Waals surface area contributed by atoms with Crippen molar-refractivity contribution in [2.24, 2.45) is 0 Å². The van der Waals surface area contributed by atoms with E-state index in [2.05, 4.69) is 15.3 Å². The SMILES string of the molecule is N#Cc1ccc(NC(=O)CCc2csc(-c3cccnc3)n2)cc1. The molecule has 1 N–H and O–H groups in total. The van der Waals surface area contributed by atoms with Gasteiger partial charge in [0.15, 0.2) is 0 Å². The second-order valence-corrected chi connectivity index (χ2v) is 5.98. The fourth-order valence-electron chi connectivity index (χ4n) is 2.14. The maximum absolute atomic E-state index is 12.0. The number of anilines is 1. The van der Waals surface area contributed by atoms with Crippen LogP contribution in [-0.4, -0.2) is 15.9 Å². The molecule has 3 aromatic rings. The summed E-state index contributed by atoms with van der Waals surface area (Å²) in [6, 6.07) is 12.7. The maximum atomic E-state index is 12.0. The fourth-order valence-corrected chi connectivity index (χ4v) is 2.98. The van der Waals surface area contributed by atoms with Crippen molar-refractivity contribution in [2.45, 2.75) is 12.8 Å². The second kappa shape index (κ2) is 7.49. The summed E-state index contributed by atoms with van der Waals surface area (Å²) in [5.41, 5.74) is 3.14. The first-order valence-corrected chi connectivity index (χ1v) is 8.27. The summed E-state index contributed by atoms with van der Waals surface area (Å²) < 4.78 is 0. The number of carbonyl (C=O) groups is 1. The number of pyridine rings is 1. The third-order valence-electron chi connectivity index (χ3n) is 3.37. The molecule has 0 fully saturated rings. The minimum atomic E-state index is -0.0735. The van der Waals surface area contributed by atoms with Gasteiger partial charge in [0.25, 0.3) is 0 Å². The molecule has 5 nitrogen and oxygen atoms in total. The summed E-state index contributed by atoms with van der Waals surface area (Å²) >= 11 is 1.55. The number of benzene rings is 1. The Labute approximate surface area is 143 Å². The average molecular weight is 334 g/mol. The van der Waals surface area contributed by atoms with Crippen LogP contribution in [-0.2, 0) is 11.2 Å². The van der Waals surface area contributed by atoms with Gasteiger partial charge in [-0.2, -0.15) is 5.26 Å². The highest BCUT2D eigenvalue weighted by atomic mass is 32.1. The van der Waals surface area contributed by atoms with Gasteiger partial charge in [0.05, 0.1) is 17.3 Å². The Morgan fingerprint density at radius 1 is 1.25 bits per heavy atom. The van der Waals surface area contributed by atoms with E-state index in [9.17, 15) is 4.79 Å². The second-order valence-electron chi connectivity index (χ2n) is 5.12. The molecule has 1 amide bonds. The number of aromatic nitrogens is 2. The molecular formula is C18H14N4OS. The third-order valence-corrected chi connectivity index (χ3v) is 4.31. The van der Waals surface area contributed by atoms with E-state index in [1.807, 2.05) is 23.6 Å². The molecule has 0 spiro atoms. The van der Waals surface area contributed by atoms with Gasteiger partial charge in [-0.15, -0.1) is 11.3 Å². The molecule has 0 atom stereocenters. The molecule has 3 rings (SSSR count). The van der Waals surface area contributed by atoms with Gasteiger partial charge in [-0.3, -0.25) is 9.78 Å². The van der Waals surface area contributed by atoms with Crippen LogP contribution in [0, 0.1) is 11.3 Å². The normalized spacial score (nSPS) is 10.1. The lowest BCUT2D eigenvalue weighted by Crippen LogP contribution is -2.12. The van der Waals surface area contributed by atoms with Gasteiger partial charge < -0.3 is 5.32 Å². The van der Waals surface area contributed by atoms with Crippen LogP contribution < -0.4 is 5.32 Å². The molecule has 0 aliphatic carbocycles. The largest absolute Gasteiger partial charge is 0.326 e. The molecular weight excluding hydrogens is 320 g/mol. The van der Waals surface area contributed by atoms with E-state index < -0.39 is 0 Å². The minimum Gasteiger partial charge on any atom is -0.326 e. The zero-order chi connectivity index (χ0) is 16.8. The predicted octanol–water partition coefficient (Wildman–Crippen LogP) is 3.65. The van der Waals surface area contributed by atoms with E-state index in [0.29, 0.717) is 24.1 Å². The van der Waals surface area contributed by atoms with Gasteiger partial charge in [-0.25, -0.2) is 4.98 Å². The number of hydrogen-bond acceptors (Lipinski definition) is 5. The average Bonchev–Trinajstić information content (AvgIpc) is 3.10. The summed E-state index contributed by atoms with van der Waals surface area (Å²) in [5, 5.41) is 14.5. The molecule has 2 heterocycles. The first kappa shape index (κ1) is 15.8. The maximum Gasteiger partial charge on any atom is 0.224 e. The van der Waals surface area contributed by atoms with Crippen molar-refractivity contribution in [1.29, 1.82) is 5.26 Å². The number of nitrogens with zero attached hydrogens (tertiary/aromatic N) is 3. The summed E-state index contributed by atoms with van der Waals surface area (Å²) in [5.74, 6) is -0.0735. The van der Waals surface area contributed by atoms with E-state index in [4.69, 9.17) is 5.26 Å². The molecule has 0 aliphatic rings. The summed E-state index contributed by atoms with van der Waals surface area (Å²) in [4.78, 5) is 20.6. The van der Waals surface area contributed by atoms with Crippen molar-refractivity contribution in [1.82, 2.24) is 9.97 Å². The molecule has 6 heteroatoms. The first-order valence-electron chi connectivity index (χ1n) is 7.39. The number of amides is 1. The van der Waals surface area contributed by atoms with Crippen LogP contribution in [0.2, 0.25) is 0 Å². The highest BCUT2D eigenvalue weighted by Crippen LogP contribution is 2.23. The monoisotopic (exact) mass is 334 g/mol.